The molecule has 0 aromatic heterocycles. The van der Waals surface area contributed by atoms with Crippen LogP contribution in [0.25, 0.3) is 0 Å². The lowest BCUT2D eigenvalue weighted by atomic mass is 10.0. The molecule has 4 nitrogen and oxygen atoms in total. The van der Waals surface area contributed by atoms with Crippen LogP contribution < -0.4 is 5.32 Å². The minimum Gasteiger partial charge on any atom is -0.311 e. The molecule has 3 rings (SSSR count). The summed E-state index contributed by atoms with van der Waals surface area (Å²) in [6.07, 6.45) is 3.79. The van der Waals surface area contributed by atoms with Gasteiger partial charge in [-0.1, -0.05) is 15.9 Å². The van der Waals surface area contributed by atoms with Crippen molar-refractivity contribution in [2.45, 2.75) is 48.7 Å². The molecule has 0 radical (unpaired) electrons. The summed E-state index contributed by atoms with van der Waals surface area (Å²) >= 11 is 3.14. The molecule has 0 saturated carbocycles. The molecule has 2 aliphatic heterocycles. The van der Waals surface area contributed by atoms with Crippen molar-refractivity contribution in [1.82, 2.24) is 9.62 Å². The molecule has 2 saturated heterocycles. The molecule has 2 bridgehead atoms. The minimum atomic E-state index is -3.80. The predicted octanol–water partition coefficient (Wildman–Crippen LogP) is 2.91. The van der Waals surface area contributed by atoms with Crippen LogP contribution in [0.4, 0.5) is 4.39 Å². The van der Waals surface area contributed by atoms with Crippen LogP contribution in [0.15, 0.2) is 27.6 Å². The SMILES string of the molecule is CN(C1CC2CCC(C1)N2)S(=O)(=O)c1ccc(Br)cc1F.Cl. The smallest absolute Gasteiger partial charge is 0.245 e. The average Bonchev–Trinajstić information content (AvgIpc) is 2.76. The maximum Gasteiger partial charge on any atom is 0.245 e. The lowest BCUT2D eigenvalue weighted by molar-refractivity contribution is 0.251. The number of benzene rings is 1. The van der Waals surface area contributed by atoms with E-state index in [0.29, 0.717) is 16.6 Å². The Bertz CT molecular complexity index is 646. The third-order valence-electron chi connectivity index (χ3n) is 4.51. The molecule has 1 aromatic carbocycles. The molecule has 2 unspecified atom stereocenters. The second kappa shape index (κ2) is 6.73. The molecule has 2 atom stereocenters. The van der Waals surface area contributed by atoms with Crippen molar-refractivity contribution in [3.63, 3.8) is 0 Å². The monoisotopic (exact) mass is 412 g/mol. The van der Waals surface area contributed by atoms with Crippen LogP contribution in [0.2, 0.25) is 0 Å². The van der Waals surface area contributed by atoms with Crippen LogP contribution in [0.1, 0.15) is 25.7 Å². The Kier molecular flexibility index (Phi) is 5.54. The van der Waals surface area contributed by atoms with Crippen molar-refractivity contribution in [3.05, 3.63) is 28.5 Å². The first kappa shape index (κ1) is 18.1. The van der Waals surface area contributed by atoms with Gasteiger partial charge in [0, 0.05) is 29.6 Å². The van der Waals surface area contributed by atoms with Gasteiger partial charge in [-0.15, -0.1) is 12.4 Å². The van der Waals surface area contributed by atoms with Gasteiger partial charge in [0.1, 0.15) is 10.7 Å². The van der Waals surface area contributed by atoms with E-state index in [9.17, 15) is 12.8 Å². The zero-order valence-electron chi connectivity index (χ0n) is 12.1. The summed E-state index contributed by atoms with van der Waals surface area (Å²) in [5.41, 5.74) is 0. The van der Waals surface area contributed by atoms with Gasteiger partial charge in [0.25, 0.3) is 0 Å². The van der Waals surface area contributed by atoms with E-state index in [-0.39, 0.29) is 23.3 Å². The van der Waals surface area contributed by atoms with Crippen LogP contribution in [0.5, 0.6) is 0 Å². The number of fused-ring (bicyclic) bond motifs is 2. The molecular weight excluding hydrogens is 395 g/mol. The fourth-order valence-electron chi connectivity index (χ4n) is 3.36. The van der Waals surface area contributed by atoms with E-state index >= 15 is 0 Å². The Morgan fingerprint density at radius 1 is 1.27 bits per heavy atom. The second-order valence-electron chi connectivity index (χ2n) is 5.86. The summed E-state index contributed by atoms with van der Waals surface area (Å²) in [7, 11) is -2.23. The van der Waals surface area contributed by atoms with Crippen molar-refractivity contribution in [1.29, 1.82) is 0 Å². The van der Waals surface area contributed by atoms with Crippen molar-refractivity contribution < 1.29 is 12.8 Å². The maximum absolute atomic E-state index is 14.0. The molecule has 1 aromatic rings. The fraction of sp³-hybridized carbons (Fsp3) is 0.571. The maximum atomic E-state index is 14.0. The zero-order valence-corrected chi connectivity index (χ0v) is 15.3. The molecule has 2 aliphatic rings. The first-order chi connectivity index (χ1) is 9.88. The summed E-state index contributed by atoms with van der Waals surface area (Å²) in [4.78, 5) is -0.251. The Balaban J connectivity index is 0.00000176. The largest absolute Gasteiger partial charge is 0.311 e. The molecular formula is C14H19BrClFN2O2S. The van der Waals surface area contributed by atoms with E-state index in [1.807, 2.05) is 0 Å². The highest BCUT2D eigenvalue weighted by molar-refractivity contribution is 9.10. The Hall–Kier alpha value is -0.210. The van der Waals surface area contributed by atoms with Crippen molar-refractivity contribution >= 4 is 38.4 Å². The van der Waals surface area contributed by atoms with E-state index < -0.39 is 15.8 Å². The van der Waals surface area contributed by atoms with Crippen LogP contribution in [0.3, 0.4) is 0 Å². The first-order valence-corrected chi connectivity index (χ1v) is 9.30. The number of piperidine rings is 1. The number of nitrogens with zero attached hydrogens (tertiary/aromatic N) is 1. The van der Waals surface area contributed by atoms with E-state index in [2.05, 4.69) is 21.2 Å². The van der Waals surface area contributed by atoms with Gasteiger partial charge in [-0.3, -0.25) is 0 Å². The molecule has 8 heteroatoms. The topological polar surface area (TPSA) is 49.4 Å². The molecule has 2 fully saturated rings. The molecule has 1 N–H and O–H groups in total. The number of halogens is 3. The third-order valence-corrected chi connectivity index (χ3v) is 6.95. The molecule has 124 valence electrons. The highest BCUT2D eigenvalue weighted by Crippen LogP contribution is 2.32. The van der Waals surface area contributed by atoms with Crippen molar-refractivity contribution in [2.75, 3.05) is 7.05 Å². The third kappa shape index (κ3) is 3.33. The second-order valence-corrected chi connectivity index (χ2v) is 8.74. The highest BCUT2D eigenvalue weighted by atomic mass is 79.9. The summed E-state index contributed by atoms with van der Waals surface area (Å²) in [6, 6.07) is 4.78. The van der Waals surface area contributed by atoms with E-state index in [1.165, 1.54) is 16.4 Å². The Labute approximate surface area is 145 Å². The highest BCUT2D eigenvalue weighted by Gasteiger charge is 2.39. The van der Waals surface area contributed by atoms with E-state index in [4.69, 9.17) is 0 Å². The van der Waals surface area contributed by atoms with Crippen molar-refractivity contribution in [3.8, 4) is 0 Å². The van der Waals surface area contributed by atoms with Gasteiger partial charge in [-0.25, -0.2) is 12.8 Å². The molecule has 22 heavy (non-hydrogen) atoms. The predicted molar refractivity (Wildman–Crippen MR) is 89.3 cm³/mol. The number of rotatable bonds is 3. The lowest BCUT2D eigenvalue weighted by Crippen LogP contribution is -2.48. The van der Waals surface area contributed by atoms with Crippen LogP contribution in [0, 0.1) is 5.82 Å². The fourth-order valence-corrected chi connectivity index (χ4v) is 5.11. The van der Waals surface area contributed by atoms with Gasteiger partial charge in [-0.05, 0) is 43.9 Å². The van der Waals surface area contributed by atoms with Gasteiger partial charge >= 0.3 is 0 Å². The van der Waals surface area contributed by atoms with E-state index in [1.54, 1.807) is 13.1 Å². The van der Waals surface area contributed by atoms with Crippen molar-refractivity contribution in [2.24, 2.45) is 0 Å². The van der Waals surface area contributed by atoms with Gasteiger partial charge in [-0.2, -0.15) is 4.31 Å². The zero-order chi connectivity index (χ0) is 15.2. The standard InChI is InChI=1S/C14H18BrFN2O2S.ClH/c1-18(12-7-10-3-4-11(8-12)17-10)21(19,20)14-5-2-9(15)6-13(14)16;/h2,5-6,10-12,17H,3-4,7-8H2,1H3;1H. The summed E-state index contributed by atoms with van der Waals surface area (Å²) in [5, 5.41) is 3.48. The van der Waals surface area contributed by atoms with Gasteiger partial charge in [0.2, 0.25) is 10.0 Å². The number of hydrogen-bond donors (Lipinski definition) is 1. The minimum absolute atomic E-state index is 0. The molecule has 0 spiro atoms. The van der Waals surface area contributed by atoms with Crippen LogP contribution >= 0.6 is 28.3 Å². The number of sulfonamides is 1. The van der Waals surface area contributed by atoms with Crippen LogP contribution in [-0.2, 0) is 10.0 Å². The lowest BCUT2D eigenvalue weighted by Gasteiger charge is -2.34. The number of nitrogens with one attached hydrogen (secondary N) is 1. The Morgan fingerprint density at radius 2 is 1.86 bits per heavy atom. The molecule has 0 amide bonds. The van der Waals surface area contributed by atoms with Gasteiger partial charge in [0.15, 0.2) is 0 Å². The summed E-state index contributed by atoms with van der Waals surface area (Å²) in [6.45, 7) is 0. The Morgan fingerprint density at radius 3 is 2.41 bits per heavy atom. The normalized spacial score (nSPS) is 27.7. The first-order valence-electron chi connectivity index (χ1n) is 7.07. The quantitative estimate of drug-likeness (QED) is 0.829. The number of hydrogen-bond acceptors (Lipinski definition) is 3. The average molecular weight is 414 g/mol. The molecule has 0 aliphatic carbocycles. The van der Waals surface area contributed by atoms with E-state index in [0.717, 1.165) is 25.7 Å². The summed E-state index contributed by atoms with van der Waals surface area (Å²) < 4.78 is 41.2. The summed E-state index contributed by atoms with van der Waals surface area (Å²) in [5.74, 6) is -0.715. The van der Waals surface area contributed by atoms with Gasteiger partial charge in [0.05, 0.1) is 0 Å². The van der Waals surface area contributed by atoms with Crippen LogP contribution in [-0.4, -0.2) is 37.9 Å². The molecule has 2 heterocycles. The van der Waals surface area contributed by atoms with Gasteiger partial charge < -0.3 is 5.32 Å².